The first kappa shape index (κ1) is 11.7. The summed E-state index contributed by atoms with van der Waals surface area (Å²) in [5.74, 6) is 0. The number of nitrogens with zero attached hydrogens (tertiary/aromatic N) is 1. The van der Waals surface area contributed by atoms with E-state index in [2.05, 4.69) is 39.0 Å². The van der Waals surface area contributed by atoms with Crippen molar-refractivity contribution in [2.45, 2.75) is 18.1 Å². The Hall–Kier alpha value is -0.420. The summed E-state index contributed by atoms with van der Waals surface area (Å²) in [6, 6.07) is 8.41. The highest BCUT2D eigenvalue weighted by Crippen LogP contribution is 2.39. The van der Waals surface area contributed by atoms with Gasteiger partial charge in [-0.15, -0.1) is 0 Å². The number of benzene rings is 1. The second kappa shape index (κ2) is 4.35. The Bertz CT molecular complexity index is 420. The van der Waals surface area contributed by atoms with Crippen molar-refractivity contribution in [3.05, 3.63) is 34.3 Å². The van der Waals surface area contributed by atoms with Crippen molar-refractivity contribution in [3.8, 4) is 0 Å². The van der Waals surface area contributed by atoms with Gasteiger partial charge in [-0.25, -0.2) is 0 Å². The maximum atomic E-state index is 9.69. The quantitative estimate of drug-likeness (QED) is 0.903. The van der Waals surface area contributed by atoms with Gasteiger partial charge in [-0.1, -0.05) is 28.1 Å². The minimum absolute atomic E-state index is 0.0126. The first-order chi connectivity index (χ1) is 8.21. The van der Waals surface area contributed by atoms with Crippen molar-refractivity contribution in [2.75, 3.05) is 26.3 Å². The number of ether oxygens (including phenoxy) is 1. The first-order valence-electron chi connectivity index (χ1n) is 5.98. The molecule has 0 aliphatic carbocycles. The lowest BCUT2D eigenvalue weighted by Gasteiger charge is -2.48. The van der Waals surface area contributed by atoms with Crippen LogP contribution in [0.4, 0.5) is 0 Å². The molecule has 0 amide bonds. The highest BCUT2D eigenvalue weighted by molar-refractivity contribution is 9.10. The molecular formula is C13H16BrNO2. The molecule has 3 nitrogen and oxygen atoms in total. The zero-order valence-electron chi connectivity index (χ0n) is 9.60. The van der Waals surface area contributed by atoms with Crippen LogP contribution in [-0.4, -0.2) is 42.4 Å². The predicted octanol–water partition coefficient (Wildman–Crippen LogP) is 1.74. The molecule has 2 aliphatic rings. The maximum absolute atomic E-state index is 9.69. The molecule has 4 heteroatoms. The fraction of sp³-hybridized carbons (Fsp3) is 0.538. The number of halogens is 1. The number of likely N-dealkylation sites (tertiary alicyclic amines) is 1. The normalized spacial score (nSPS) is 28.0. The Morgan fingerprint density at radius 1 is 1.41 bits per heavy atom. The lowest BCUT2D eigenvalue weighted by molar-refractivity contribution is -0.141. The summed E-state index contributed by atoms with van der Waals surface area (Å²) in [6.07, 6.45) is 0.690. The number of aliphatic hydroxyl groups excluding tert-OH is 1. The van der Waals surface area contributed by atoms with E-state index in [1.807, 2.05) is 6.07 Å². The molecule has 1 atom stereocenters. The van der Waals surface area contributed by atoms with Crippen molar-refractivity contribution in [2.24, 2.45) is 0 Å². The summed E-state index contributed by atoms with van der Waals surface area (Å²) < 4.78 is 6.54. The van der Waals surface area contributed by atoms with E-state index in [4.69, 9.17) is 4.74 Å². The van der Waals surface area contributed by atoms with E-state index in [0.717, 1.165) is 37.2 Å². The summed E-state index contributed by atoms with van der Waals surface area (Å²) in [5.41, 5.74) is 1.27. The number of aliphatic hydroxyl groups is 1. The van der Waals surface area contributed by atoms with Crippen LogP contribution < -0.4 is 0 Å². The van der Waals surface area contributed by atoms with E-state index in [0.29, 0.717) is 0 Å². The number of β-amino-alcohol motifs (C(OH)–C–C–N with tert-alkyl or cyclic N) is 1. The Balaban J connectivity index is 1.91. The van der Waals surface area contributed by atoms with Crippen molar-refractivity contribution in [1.29, 1.82) is 0 Å². The fourth-order valence-electron chi connectivity index (χ4n) is 2.74. The molecule has 2 fully saturated rings. The molecule has 17 heavy (non-hydrogen) atoms. The molecule has 2 aliphatic heterocycles. The van der Waals surface area contributed by atoms with Gasteiger partial charge in [0.1, 0.15) is 0 Å². The number of hydrogen-bond acceptors (Lipinski definition) is 3. The van der Waals surface area contributed by atoms with Gasteiger partial charge in [0.25, 0.3) is 0 Å². The molecule has 1 aromatic carbocycles. The van der Waals surface area contributed by atoms with Crippen LogP contribution in [0.1, 0.15) is 12.0 Å². The van der Waals surface area contributed by atoms with Gasteiger partial charge in [0.2, 0.25) is 0 Å². The van der Waals surface area contributed by atoms with Crippen molar-refractivity contribution in [3.63, 3.8) is 0 Å². The third-order valence-electron chi connectivity index (χ3n) is 3.81. The molecule has 2 saturated heterocycles. The van der Waals surface area contributed by atoms with Gasteiger partial charge in [-0.2, -0.15) is 0 Å². The molecule has 1 aromatic rings. The molecule has 3 rings (SSSR count). The monoisotopic (exact) mass is 297 g/mol. The predicted molar refractivity (Wildman–Crippen MR) is 68.8 cm³/mol. The largest absolute Gasteiger partial charge is 0.392 e. The number of rotatable bonds is 2. The fourth-order valence-corrected chi connectivity index (χ4v) is 3.13. The Morgan fingerprint density at radius 3 is 2.76 bits per heavy atom. The van der Waals surface area contributed by atoms with Gasteiger partial charge in [0.05, 0.1) is 24.9 Å². The third-order valence-corrected chi connectivity index (χ3v) is 4.31. The standard InChI is InChI=1S/C13H16BrNO2/c14-11-3-1-2-10(6-11)13(8-17-9-13)15-5-4-12(16)7-15/h1-3,6,12,16H,4-5,7-9H2. The van der Waals surface area contributed by atoms with Gasteiger partial charge in [-0.05, 0) is 24.1 Å². The van der Waals surface area contributed by atoms with Crippen molar-refractivity contribution >= 4 is 15.9 Å². The summed E-state index contributed by atoms with van der Waals surface area (Å²) in [4.78, 5) is 2.36. The van der Waals surface area contributed by atoms with Crippen LogP contribution in [0.25, 0.3) is 0 Å². The summed E-state index contributed by atoms with van der Waals surface area (Å²) >= 11 is 3.52. The Morgan fingerprint density at radius 2 is 2.24 bits per heavy atom. The van der Waals surface area contributed by atoms with E-state index in [-0.39, 0.29) is 11.6 Å². The maximum Gasteiger partial charge on any atom is 0.0934 e. The molecule has 0 radical (unpaired) electrons. The third kappa shape index (κ3) is 1.93. The second-order valence-electron chi connectivity index (χ2n) is 4.92. The lowest BCUT2D eigenvalue weighted by Crippen LogP contribution is -2.58. The Kier molecular flexibility index (Phi) is 2.99. The molecule has 1 unspecified atom stereocenters. The number of hydrogen-bond donors (Lipinski definition) is 1. The minimum Gasteiger partial charge on any atom is -0.392 e. The van der Waals surface area contributed by atoms with Crippen LogP contribution >= 0.6 is 15.9 Å². The molecule has 0 saturated carbocycles. The van der Waals surface area contributed by atoms with Crippen molar-refractivity contribution < 1.29 is 9.84 Å². The highest BCUT2D eigenvalue weighted by atomic mass is 79.9. The molecular weight excluding hydrogens is 282 g/mol. The zero-order chi connectivity index (χ0) is 11.9. The smallest absolute Gasteiger partial charge is 0.0934 e. The van der Waals surface area contributed by atoms with E-state index in [1.54, 1.807) is 0 Å². The van der Waals surface area contributed by atoms with E-state index < -0.39 is 0 Å². The van der Waals surface area contributed by atoms with Crippen LogP contribution in [0.2, 0.25) is 0 Å². The molecule has 1 N–H and O–H groups in total. The van der Waals surface area contributed by atoms with Gasteiger partial charge in [0, 0.05) is 17.6 Å². The second-order valence-corrected chi connectivity index (χ2v) is 5.84. The Labute approximate surface area is 110 Å². The molecule has 0 spiro atoms. The average molecular weight is 298 g/mol. The topological polar surface area (TPSA) is 32.7 Å². The highest BCUT2D eigenvalue weighted by Gasteiger charge is 2.47. The van der Waals surface area contributed by atoms with Crippen LogP contribution in [0.5, 0.6) is 0 Å². The first-order valence-corrected chi connectivity index (χ1v) is 6.77. The average Bonchev–Trinajstić information content (AvgIpc) is 2.64. The van der Waals surface area contributed by atoms with Gasteiger partial charge in [0.15, 0.2) is 0 Å². The van der Waals surface area contributed by atoms with Crippen LogP contribution in [0, 0.1) is 0 Å². The summed E-state index contributed by atoms with van der Waals surface area (Å²) in [6.45, 7) is 3.18. The molecule has 2 heterocycles. The van der Waals surface area contributed by atoms with E-state index in [9.17, 15) is 5.11 Å². The molecule has 92 valence electrons. The van der Waals surface area contributed by atoms with Crippen LogP contribution in [0.3, 0.4) is 0 Å². The summed E-state index contributed by atoms with van der Waals surface area (Å²) in [7, 11) is 0. The van der Waals surface area contributed by atoms with Gasteiger partial charge >= 0.3 is 0 Å². The molecule has 0 bridgehead atoms. The lowest BCUT2D eigenvalue weighted by atomic mass is 9.86. The van der Waals surface area contributed by atoms with Gasteiger partial charge < -0.3 is 9.84 Å². The molecule has 0 aromatic heterocycles. The minimum atomic E-state index is -0.181. The SMILES string of the molecule is OC1CCN(C2(c3cccc(Br)c3)COC2)C1. The van der Waals surface area contributed by atoms with Crippen LogP contribution in [0.15, 0.2) is 28.7 Å². The van der Waals surface area contributed by atoms with Crippen molar-refractivity contribution in [1.82, 2.24) is 4.90 Å². The van der Waals surface area contributed by atoms with Crippen LogP contribution in [-0.2, 0) is 10.3 Å². The van der Waals surface area contributed by atoms with E-state index >= 15 is 0 Å². The van der Waals surface area contributed by atoms with Gasteiger partial charge in [-0.3, -0.25) is 4.90 Å². The van der Waals surface area contributed by atoms with E-state index in [1.165, 1.54) is 5.56 Å². The summed E-state index contributed by atoms with van der Waals surface area (Å²) in [5, 5.41) is 9.69. The zero-order valence-corrected chi connectivity index (χ0v) is 11.2.